The van der Waals surface area contributed by atoms with E-state index in [1.54, 1.807) is 6.20 Å². The standard InChI is InChI=1S/C27H28N4O/c1-19(30-12-14-31(15-13-30)20(2)27(32)10-3-11-27)21-4-6-22(7-5-21)23-8-9-26-25(16-23)24(17-28)18-29-26/h4-9,16,18,29,32H,1-3,10-15H2. The van der Waals surface area contributed by atoms with Gasteiger partial charge in [-0.1, -0.05) is 43.5 Å². The van der Waals surface area contributed by atoms with E-state index in [1.807, 2.05) is 6.07 Å². The molecule has 0 atom stereocenters. The Morgan fingerprint density at radius 1 is 0.969 bits per heavy atom. The quantitative estimate of drug-likeness (QED) is 0.622. The summed E-state index contributed by atoms with van der Waals surface area (Å²) in [5.41, 5.74) is 6.19. The molecule has 2 N–H and O–H groups in total. The van der Waals surface area contributed by atoms with Gasteiger partial charge in [0, 0.05) is 54.7 Å². The maximum Gasteiger partial charge on any atom is 0.104 e. The molecular weight excluding hydrogens is 396 g/mol. The number of hydrogen-bond donors (Lipinski definition) is 2. The van der Waals surface area contributed by atoms with Gasteiger partial charge >= 0.3 is 0 Å². The highest BCUT2D eigenvalue weighted by atomic mass is 16.3. The first-order chi connectivity index (χ1) is 15.5. The molecule has 32 heavy (non-hydrogen) atoms. The minimum atomic E-state index is -0.674. The van der Waals surface area contributed by atoms with Crippen molar-refractivity contribution < 1.29 is 5.11 Å². The molecule has 2 aliphatic rings. The number of aromatic nitrogens is 1. The molecule has 5 rings (SSSR count). The average Bonchev–Trinajstić information content (AvgIpc) is 3.24. The fraction of sp³-hybridized carbons (Fsp3) is 0.296. The molecule has 162 valence electrons. The molecular formula is C27H28N4O. The lowest BCUT2D eigenvalue weighted by Crippen LogP contribution is -2.51. The molecule has 0 bridgehead atoms. The Balaban J connectivity index is 1.26. The molecule has 5 heteroatoms. The second-order valence-electron chi connectivity index (χ2n) is 8.90. The van der Waals surface area contributed by atoms with Crippen molar-refractivity contribution in [2.45, 2.75) is 24.9 Å². The van der Waals surface area contributed by atoms with E-state index in [-0.39, 0.29) is 0 Å². The van der Waals surface area contributed by atoms with Crippen LogP contribution in [0.4, 0.5) is 0 Å². The van der Waals surface area contributed by atoms with Crippen LogP contribution in [0.15, 0.2) is 67.5 Å². The van der Waals surface area contributed by atoms with E-state index in [2.05, 4.69) is 70.4 Å². The van der Waals surface area contributed by atoms with E-state index >= 15 is 0 Å². The Kier molecular flexibility index (Phi) is 5.03. The zero-order valence-corrected chi connectivity index (χ0v) is 18.3. The summed E-state index contributed by atoms with van der Waals surface area (Å²) in [7, 11) is 0. The molecule has 1 aliphatic carbocycles. The second-order valence-corrected chi connectivity index (χ2v) is 8.90. The van der Waals surface area contributed by atoms with Gasteiger partial charge < -0.3 is 19.9 Å². The van der Waals surface area contributed by atoms with Gasteiger partial charge in [-0.15, -0.1) is 0 Å². The second kappa shape index (κ2) is 7.89. The van der Waals surface area contributed by atoms with Gasteiger partial charge in [0.15, 0.2) is 0 Å². The SMILES string of the molecule is C=C(c1ccc(-c2ccc3[nH]cc(C#N)c3c2)cc1)N1CCN(C(=C)C2(O)CCC2)CC1. The van der Waals surface area contributed by atoms with E-state index in [1.165, 1.54) is 0 Å². The Morgan fingerprint density at radius 3 is 2.25 bits per heavy atom. The highest BCUT2D eigenvalue weighted by Crippen LogP contribution is 2.39. The van der Waals surface area contributed by atoms with Gasteiger partial charge in [-0.2, -0.15) is 5.26 Å². The predicted molar refractivity (Wildman–Crippen MR) is 129 cm³/mol. The maximum atomic E-state index is 10.6. The van der Waals surface area contributed by atoms with Gasteiger partial charge in [-0.25, -0.2) is 0 Å². The minimum absolute atomic E-state index is 0.665. The van der Waals surface area contributed by atoms with Crippen LogP contribution in [0.1, 0.15) is 30.4 Å². The Hall–Kier alpha value is -3.49. The van der Waals surface area contributed by atoms with Crippen LogP contribution in [0.25, 0.3) is 27.7 Å². The first-order valence-corrected chi connectivity index (χ1v) is 11.2. The molecule has 0 amide bonds. The van der Waals surface area contributed by atoms with Crippen LogP contribution in [-0.4, -0.2) is 51.7 Å². The smallest absolute Gasteiger partial charge is 0.104 e. The molecule has 2 aromatic carbocycles. The molecule has 1 aliphatic heterocycles. The summed E-state index contributed by atoms with van der Waals surface area (Å²) >= 11 is 0. The highest BCUT2D eigenvalue weighted by Gasteiger charge is 2.40. The fourth-order valence-corrected chi connectivity index (χ4v) is 4.77. The fourth-order valence-electron chi connectivity index (χ4n) is 4.77. The monoisotopic (exact) mass is 424 g/mol. The van der Waals surface area contributed by atoms with Crippen LogP contribution >= 0.6 is 0 Å². The molecule has 2 heterocycles. The van der Waals surface area contributed by atoms with Gasteiger partial charge in [0.1, 0.15) is 11.7 Å². The number of aromatic amines is 1. The number of aliphatic hydroxyl groups is 1. The van der Waals surface area contributed by atoms with Crippen molar-refractivity contribution in [2.75, 3.05) is 26.2 Å². The number of nitrogens with zero attached hydrogens (tertiary/aromatic N) is 3. The number of nitrogens with one attached hydrogen (secondary N) is 1. The number of benzene rings is 2. The first-order valence-electron chi connectivity index (χ1n) is 11.2. The molecule has 2 fully saturated rings. The first kappa shape index (κ1) is 20.4. The maximum absolute atomic E-state index is 10.6. The van der Waals surface area contributed by atoms with E-state index in [4.69, 9.17) is 0 Å². The van der Waals surface area contributed by atoms with Crippen molar-refractivity contribution in [3.63, 3.8) is 0 Å². The van der Waals surface area contributed by atoms with Crippen molar-refractivity contribution in [3.05, 3.63) is 78.6 Å². The zero-order valence-electron chi connectivity index (χ0n) is 18.3. The van der Waals surface area contributed by atoms with Gasteiger partial charge in [0.25, 0.3) is 0 Å². The number of H-pyrrole nitrogens is 1. The van der Waals surface area contributed by atoms with Gasteiger partial charge in [0.2, 0.25) is 0 Å². The molecule has 0 radical (unpaired) electrons. The van der Waals surface area contributed by atoms with Crippen LogP contribution in [0.2, 0.25) is 0 Å². The molecule has 0 unspecified atom stereocenters. The number of rotatable bonds is 5. The summed E-state index contributed by atoms with van der Waals surface area (Å²) in [5, 5.41) is 20.8. The van der Waals surface area contributed by atoms with E-state index < -0.39 is 5.60 Å². The zero-order chi connectivity index (χ0) is 22.3. The molecule has 1 saturated heterocycles. The third-order valence-electron chi connectivity index (χ3n) is 7.11. The van der Waals surface area contributed by atoms with Gasteiger partial charge in [-0.05, 0) is 48.1 Å². The molecule has 1 aromatic heterocycles. The van der Waals surface area contributed by atoms with Gasteiger partial charge in [0.05, 0.1) is 5.56 Å². The molecule has 1 saturated carbocycles. The van der Waals surface area contributed by atoms with Gasteiger partial charge in [-0.3, -0.25) is 0 Å². The molecule has 3 aromatic rings. The van der Waals surface area contributed by atoms with Crippen molar-refractivity contribution in [1.82, 2.24) is 14.8 Å². The average molecular weight is 425 g/mol. The molecule has 0 spiro atoms. The summed E-state index contributed by atoms with van der Waals surface area (Å²) in [6, 6.07) is 16.9. The third kappa shape index (κ3) is 3.47. The number of fused-ring (bicyclic) bond motifs is 1. The van der Waals surface area contributed by atoms with Crippen molar-refractivity contribution in [1.29, 1.82) is 5.26 Å². The Bertz CT molecular complexity index is 1220. The highest BCUT2D eigenvalue weighted by molar-refractivity contribution is 5.90. The lowest BCUT2D eigenvalue weighted by Gasteiger charge is -2.46. The Morgan fingerprint density at radius 2 is 1.62 bits per heavy atom. The largest absolute Gasteiger partial charge is 0.384 e. The van der Waals surface area contributed by atoms with Crippen LogP contribution in [-0.2, 0) is 0 Å². The van der Waals surface area contributed by atoms with Crippen molar-refractivity contribution >= 4 is 16.6 Å². The third-order valence-corrected chi connectivity index (χ3v) is 7.11. The summed E-state index contributed by atoms with van der Waals surface area (Å²) in [6.45, 7) is 12.0. The van der Waals surface area contributed by atoms with E-state index in [0.29, 0.717) is 5.56 Å². The summed E-state index contributed by atoms with van der Waals surface area (Å²) in [4.78, 5) is 7.69. The van der Waals surface area contributed by atoms with E-state index in [9.17, 15) is 10.4 Å². The summed E-state index contributed by atoms with van der Waals surface area (Å²) in [6.07, 6.45) is 4.50. The normalized spacial score (nSPS) is 17.6. The topological polar surface area (TPSA) is 66.3 Å². The number of nitriles is 1. The number of piperazine rings is 1. The predicted octanol–water partition coefficient (Wildman–Crippen LogP) is 4.72. The van der Waals surface area contributed by atoms with Crippen molar-refractivity contribution in [3.8, 4) is 17.2 Å². The Labute approximate surface area is 188 Å². The lowest BCUT2D eigenvalue weighted by molar-refractivity contribution is -0.0253. The lowest BCUT2D eigenvalue weighted by atomic mass is 9.77. The van der Waals surface area contributed by atoms with Crippen LogP contribution in [0.5, 0.6) is 0 Å². The van der Waals surface area contributed by atoms with E-state index in [0.717, 1.165) is 84.4 Å². The minimum Gasteiger partial charge on any atom is -0.384 e. The molecule has 5 nitrogen and oxygen atoms in total. The van der Waals surface area contributed by atoms with Crippen LogP contribution < -0.4 is 0 Å². The summed E-state index contributed by atoms with van der Waals surface area (Å²) in [5.74, 6) is 0. The number of hydrogen-bond acceptors (Lipinski definition) is 4. The van der Waals surface area contributed by atoms with Crippen LogP contribution in [0, 0.1) is 11.3 Å². The summed E-state index contributed by atoms with van der Waals surface area (Å²) < 4.78 is 0. The van der Waals surface area contributed by atoms with Crippen molar-refractivity contribution in [2.24, 2.45) is 0 Å². The van der Waals surface area contributed by atoms with Crippen LogP contribution in [0.3, 0.4) is 0 Å².